The number of aromatic nitrogens is 1. The molecule has 1 aliphatic rings. The highest BCUT2D eigenvalue weighted by molar-refractivity contribution is 9.09. The number of nitrogens with one attached hydrogen (secondary N) is 1. The highest BCUT2D eigenvalue weighted by Crippen LogP contribution is 2.32. The summed E-state index contributed by atoms with van der Waals surface area (Å²) < 4.78 is 0. The third-order valence-corrected chi connectivity index (χ3v) is 4.42. The molecule has 1 saturated carbocycles. The van der Waals surface area contributed by atoms with Gasteiger partial charge in [-0.1, -0.05) is 22.4 Å². The lowest BCUT2D eigenvalue weighted by Crippen LogP contribution is -2.31. The molecular weight excluding hydrogens is 296 g/mol. The summed E-state index contributed by atoms with van der Waals surface area (Å²) in [5.41, 5.74) is 0.290. The number of rotatable bonds is 4. The summed E-state index contributed by atoms with van der Waals surface area (Å²) in [5.74, 6) is 0.891. The van der Waals surface area contributed by atoms with Gasteiger partial charge in [-0.3, -0.25) is 9.78 Å². The molecule has 18 heavy (non-hydrogen) atoms. The van der Waals surface area contributed by atoms with E-state index in [2.05, 4.69) is 26.2 Å². The van der Waals surface area contributed by atoms with E-state index in [0.717, 1.165) is 5.33 Å². The molecule has 2 atom stereocenters. The molecule has 1 heterocycles. The highest BCUT2D eigenvalue weighted by Gasteiger charge is 2.26. The van der Waals surface area contributed by atoms with Gasteiger partial charge in [0.2, 0.25) is 0 Å². The fourth-order valence-corrected chi connectivity index (χ4v) is 3.34. The zero-order valence-corrected chi connectivity index (χ0v) is 11.7. The standard InChI is InChI=1S/C13H17BrN2O2/c14-6-9-2-1-3-10(9)7-16-13(18)11-4-5-15-8-12(11)17/h4-5,8-10,17H,1-3,6-7H2,(H,16,18). The van der Waals surface area contributed by atoms with E-state index in [1.54, 1.807) is 0 Å². The van der Waals surface area contributed by atoms with Gasteiger partial charge in [0.1, 0.15) is 5.75 Å². The zero-order chi connectivity index (χ0) is 13.0. The van der Waals surface area contributed by atoms with E-state index >= 15 is 0 Å². The Hall–Kier alpha value is -1.10. The van der Waals surface area contributed by atoms with Gasteiger partial charge in [-0.15, -0.1) is 0 Å². The van der Waals surface area contributed by atoms with Crippen molar-refractivity contribution in [1.29, 1.82) is 0 Å². The van der Waals surface area contributed by atoms with Crippen LogP contribution in [0.4, 0.5) is 0 Å². The maximum atomic E-state index is 11.9. The lowest BCUT2D eigenvalue weighted by Gasteiger charge is -2.17. The summed E-state index contributed by atoms with van der Waals surface area (Å²) >= 11 is 3.52. The smallest absolute Gasteiger partial charge is 0.255 e. The molecule has 0 bridgehead atoms. The minimum Gasteiger partial charge on any atom is -0.505 e. The number of amides is 1. The first kappa shape index (κ1) is 13.3. The molecular formula is C13H17BrN2O2. The van der Waals surface area contributed by atoms with Crippen LogP contribution in [0.1, 0.15) is 29.6 Å². The van der Waals surface area contributed by atoms with Crippen LogP contribution in [0.2, 0.25) is 0 Å². The van der Waals surface area contributed by atoms with E-state index in [1.807, 2.05) is 0 Å². The van der Waals surface area contributed by atoms with Crippen molar-refractivity contribution in [3.63, 3.8) is 0 Å². The van der Waals surface area contributed by atoms with Gasteiger partial charge in [-0.2, -0.15) is 0 Å². The number of nitrogens with zero attached hydrogens (tertiary/aromatic N) is 1. The average Bonchev–Trinajstić information content (AvgIpc) is 2.84. The van der Waals surface area contributed by atoms with Crippen molar-refractivity contribution in [3.8, 4) is 5.75 Å². The molecule has 0 aliphatic heterocycles. The Bertz CT molecular complexity index is 425. The molecule has 1 amide bonds. The van der Waals surface area contributed by atoms with Gasteiger partial charge in [-0.05, 0) is 30.7 Å². The van der Waals surface area contributed by atoms with Gasteiger partial charge in [0.25, 0.3) is 5.91 Å². The van der Waals surface area contributed by atoms with E-state index in [-0.39, 0.29) is 11.7 Å². The third kappa shape index (κ3) is 3.02. The first-order chi connectivity index (χ1) is 8.72. The summed E-state index contributed by atoms with van der Waals surface area (Å²) in [6.07, 6.45) is 6.42. The maximum absolute atomic E-state index is 11.9. The molecule has 1 fully saturated rings. The van der Waals surface area contributed by atoms with Crippen LogP contribution >= 0.6 is 15.9 Å². The van der Waals surface area contributed by atoms with Crippen molar-refractivity contribution in [2.75, 3.05) is 11.9 Å². The molecule has 0 spiro atoms. The SMILES string of the molecule is O=C(NCC1CCCC1CBr)c1ccncc1O. The predicted octanol–water partition coefficient (Wildman–Crippen LogP) is 2.33. The second kappa shape index (κ2) is 6.18. The Morgan fingerprint density at radius 3 is 3.00 bits per heavy atom. The van der Waals surface area contributed by atoms with Gasteiger partial charge in [0.05, 0.1) is 11.8 Å². The zero-order valence-electron chi connectivity index (χ0n) is 10.1. The Morgan fingerprint density at radius 2 is 2.28 bits per heavy atom. The molecule has 1 aromatic heterocycles. The van der Waals surface area contributed by atoms with Crippen LogP contribution in [0.15, 0.2) is 18.5 Å². The first-order valence-electron chi connectivity index (χ1n) is 6.19. The fourth-order valence-electron chi connectivity index (χ4n) is 2.48. The molecule has 2 N–H and O–H groups in total. The van der Waals surface area contributed by atoms with Gasteiger partial charge in [0, 0.05) is 18.1 Å². The second-order valence-corrected chi connectivity index (χ2v) is 5.36. The quantitative estimate of drug-likeness (QED) is 0.839. The van der Waals surface area contributed by atoms with E-state index in [0.29, 0.717) is 23.9 Å². The van der Waals surface area contributed by atoms with Crippen molar-refractivity contribution in [3.05, 3.63) is 24.0 Å². The molecule has 2 rings (SSSR count). The van der Waals surface area contributed by atoms with E-state index < -0.39 is 0 Å². The Balaban J connectivity index is 1.91. The largest absolute Gasteiger partial charge is 0.505 e. The summed E-state index contributed by atoms with van der Waals surface area (Å²) in [4.78, 5) is 15.7. The minimum absolute atomic E-state index is 0.0709. The van der Waals surface area contributed by atoms with Gasteiger partial charge < -0.3 is 10.4 Å². The van der Waals surface area contributed by atoms with Crippen molar-refractivity contribution < 1.29 is 9.90 Å². The molecule has 98 valence electrons. The van der Waals surface area contributed by atoms with Gasteiger partial charge in [-0.25, -0.2) is 0 Å². The lowest BCUT2D eigenvalue weighted by atomic mass is 9.98. The number of pyridine rings is 1. The topological polar surface area (TPSA) is 62.2 Å². The van der Waals surface area contributed by atoms with Crippen molar-refractivity contribution in [1.82, 2.24) is 10.3 Å². The van der Waals surface area contributed by atoms with Crippen molar-refractivity contribution in [2.24, 2.45) is 11.8 Å². The fraction of sp³-hybridized carbons (Fsp3) is 0.538. The highest BCUT2D eigenvalue weighted by atomic mass is 79.9. The van der Waals surface area contributed by atoms with Crippen molar-refractivity contribution in [2.45, 2.75) is 19.3 Å². The summed E-state index contributed by atoms with van der Waals surface area (Å²) in [7, 11) is 0. The van der Waals surface area contributed by atoms with Crippen LogP contribution in [0.25, 0.3) is 0 Å². The molecule has 1 aromatic rings. The molecule has 1 aliphatic carbocycles. The first-order valence-corrected chi connectivity index (χ1v) is 7.31. The van der Waals surface area contributed by atoms with Gasteiger partial charge >= 0.3 is 0 Å². The van der Waals surface area contributed by atoms with Crippen LogP contribution in [0, 0.1) is 11.8 Å². The Morgan fingerprint density at radius 1 is 1.50 bits per heavy atom. The maximum Gasteiger partial charge on any atom is 0.255 e. The van der Waals surface area contributed by atoms with Crippen molar-refractivity contribution >= 4 is 21.8 Å². The molecule has 0 saturated heterocycles. The summed E-state index contributed by atoms with van der Waals surface area (Å²) in [6.45, 7) is 0.677. The monoisotopic (exact) mass is 312 g/mol. The van der Waals surface area contributed by atoms with E-state index in [4.69, 9.17) is 0 Å². The number of carbonyl (C=O) groups excluding carboxylic acids is 1. The molecule has 5 heteroatoms. The van der Waals surface area contributed by atoms with Crippen LogP contribution < -0.4 is 5.32 Å². The Kier molecular flexibility index (Phi) is 4.58. The van der Waals surface area contributed by atoms with Crippen LogP contribution in [-0.2, 0) is 0 Å². The number of hydrogen-bond donors (Lipinski definition) is 2. The number of hydrogen-bond acceptors (Lipinski definition) is 3. The lowest BCUT2D eigenvalue weighted by molar-refractivity contribution is 0.0942. The molecule has 0 radical (unpaired) electrons. The summed E-state index contributed by atoms with van der Waals surface area (Å²) in [5, 5.41) is 13.4. The van der Waals surface area contributed by atoms with Crippen LogP contribution in [0.5, 0.6) is 5.75 Å². The van der Waals surface area contributed by atoms with Crippen LogP contribution in [0.3, 0.4) is 0 Å². The predicted molar refractivity (Wildman–Crippen MR) is 72.9 cm³/mol. The average molecular weight is 313 g/mol. The normalized spacial score (nSPS) is 22.9. The number of carbonyl (C=O) groups is 1. The molecule has 4 nitrogen and oxygen atoms in total. The third-order valence-electron chi connectivity index (χ3n) is 3.58. The summed E-state index contributed by atoms with van der Waals surface area (Å²) in [6, 6.07) is 1.53. The Labute approximate surface area is 115 Å². The van der Waals surface area contributed by atoms with E-state index in [9.17, 15) is 9.90 Å². The second-order valence-electron chi connectivity index (χ2n) is 4.71. The molecule has 2 unspecified atom stereocenters. The van der Waals surface area contributed by atoms with Crippen LogP contribution in [-0.4, -0.2) is 27.9 Å². The molecule has 0 aromatic carbocycles. The number of alkyl halides is 1. The van der Waals surface area contributed by atoms with E-state index in [1.165, 1.54) is 37.7 Å². The van der Waals surface area contributed by atoms with Gasteiger partial charge in [0.15, 0.2) is 0 Å². The minimum atomic E-state index is -0.227. The number of halogens is 1. The number of aromatic hydroxyl groups is 1.